The highest BCUT2D eigenvalue weighted by molar-refractivity contribution is 7.97. The first-order valence-electron chi connectivity index (χ1n) is 7.88. The topological polar surface area (TPSA) is 58.2 Å². The molecule has 2 aromatic carbocycles. The minimum absolute atomic E-state index is 0.173. The Morgan fingerprint density at radius 2 is 1.67 bits per heavy atom. The van der Waals surface area contributed by atoms with Crippen molar-refractivity contribution in [3.63, 3.8) is 0 Å². The number of anilines is 1. The van der Waals surface area contributed by atoms with Crippen LogP contribution >= 0.6 is 11.8 Å². The largest absolute Gasteiger partial charge is 0.341 e. The van der Waals surface area contributed by atoms with Crippen LogP contribution in [0, 0.1) is 0 Å². The average Bonchev–Trinajstić information content (AvgIpc) is 2.62. The lowest BCUT2D eigenvalue weighted by atomic mass is 10.0. The molecule has 0 aliphatic heterocycles. The van der Waals surface area contributed by atoms with Crippen molar-refractivity contribution in [1.82, 2.24) is 5.32 Å². The van der Waals surface area contributed by atoms with Crippen molar-refractivity contribution >= 4 is 29.3 Å². The molecule has 0 aliphatic rings. The van der Waals surface area contributed by atoms with Crippen molar-refractivity contribution in [2.75, 3.05) is 11.6 Å². The Morgan fingerprint density at radius 3 is 2.25 bits per heavy atom. The molecule has 0 bridgehead atoms. The summed E-state index contributed by atoms with van der Waals surface area (Å²) in [5.41, 5.74) is 2.79. The van der Waals surface area contributed by atoms with E-state index in [-0.39, 0.29) is 6.04 Å². The van der Waals surface area contributed by atoms with E-state index in [1.807, 2.05) is 67.8 Å². The molecule has 0 saturated heterocycles. The van der Waals surface area contributed by atoms with Gasteiger partial charge in [0, 0.05) is 11.4 Å². The predicted molar refractivity (Wildman–Crippen MR) is 99.9 cm³/mol. The van der Waals surface area contributed by atoms with Crippen molar-refractivity contribution in [2.24, 2.45) is 0 Å². The molecule has 2 aromatic rings. The summed E-state index contributed by atoms with van der Waals surface area (Å²) >= 11 is 1.74. The lowest BCUT2D eigenvalue weighted by Crippen LogP contribution is -2.37. The average molecular weight is 342 g/mol. The fourth-order valence-electron chi connectivity index (χ4n) is 2.37. The van der Waals surface area contributed by atoms with Gasteiger partial charge in [-0.1, -0.05) is 49.4 Å². The van der Waals surface area contributed by atoms with Crippen LogP contribution in [0.4, 0.5) is 5.69 Å². The highest BCUT2D eigenvalue weighted by atomic mass is 32.2. The number of hydrogen-bond acceptors (Lipinski definition) is 3. The first-order valence-corrected chi connectivity index (χ1v) is 9.28. The molecule has 1 atom stereocenters. The van der Waals surface area contributed by atoms with Gasteiger partial charge in [0.15, 0.2) is 0 Å². The third-order valence-corrected chi connectivity index (χ3v) is 4.27. The fraction of sp³-hybridized carbons (Fsp3) is 0.263. The van der Waals surface area contributed by atoms with Crippen molar-refractivity contribution < 1.29 is 9.59 Å². The van der Waals surface area contributed by atoms with Crippen LogP contribution in [-0.4, -0.2) is 18.1 Å². The van der Waals surface area contributed by atoms with Crippen LogP contribution in [0.25, 0.3) is 0 Å². The summed E-state index contributed by atoms with van der Waals surface area (Å²) in [5, 5.41) is 5.41. The number of rotatable bonds is 6. The van der Waals surface area contributed by atoms with Gasteiger partial charge in [0.05, 0.1) is 6.04 Å². The number of carbonyl (C=O) groups excluding carboxylic acids is 2. The molecule has 0 fully saturated rings. The molecule has 0 saturated carbocycles. The molecular weight excluding hydrogens is 320 g/mol. The summed E-state index contributed by atoms with van der Waals surface area (Å²) in [6.45, 7) is 1.97. The highest BCUT2D eigenvalue weighted by Gasteiger charge is 2.18. The second kappa shape index (κ2) is 9.13. The molecule has 2 N–H and O–H groups in total. The molecule has 4 nitrogen and oxygen atoms in total. The van der Waals surface area contributed by atoms with Crippen LogP contribution < -0.4 is 10.6 Å². The van der Waals surface area contributed by atoms with Crippen LogP contribution in [0.15, 0.2) is 54.6 Å². The summed E-state index contributed by atoms with van der Waals surface area (Å²) in [7, 11) is 0. The number of hydrogen-bond donors (Lipinski definition) is 2. The van der Waals surface area contributed by atoms with Crippen LogP contribution in [0.2, 0.25) is 0 Å². The van der Waals surface area contributed by atoms with Gasteiger partial charge < -0.3 is 10.6 Å². The van der Waals surface area contributed by atoms with Crippen molar-refractivity contribution in [3.8, 4) is 0 Å². The minimum Gasteiger partial charge on any atom is -0.341 e. The van der Waals surface area contributed by atoms with Crippen LogP contribution in [0.1, 0.15) is 30.5 Å². The third kappa shape index (κ3) is 5.13. The van der Waals surface area contributed by atoms with Crippen molar-refractivity contribution in [2.45, 2.75) is 25.1 Å². The van der Waals surface area contributed by atoms with Gasteiger partial charge in [-0.3, -0.25) is 9.59 Å². The van der Waals surface area contributed by atoms with Crippen molar-refractivity contribution in [1.29, 1.82) is 0 Å². The van der Waals surface area contributed by atoms with Gasteiger partial charge in [-0.05, 0) is 35.9 Å². The summed E-state index contributed by atoms with van der Waals surface area (Å²) in [6.07, 6.45) is 2.75. The van der Waals surface area contributed by atoms with E-state index in [2.05, 4.69) is 10.6 Å². The Kier molecular flexibility index (Phi) is 6.88. The Labute approximate surface area is 147 Å². The second-order valence-corrected chi connectivity index (χ2v) is 6.30. The maximum Gasteiger partial charge on any atom is 0.313 e. The van der Waals surface area contributed by atoms with E-state index in [1.54, 1.807) is 11.8 Å². The van der Waals surface area contributed by atoms with Crippen LogP contribution in [0.3, 0.4) is 0 Å². The lowest BCUT2D eigenvalue weighted by Gasteiger charge is -2.17. The normalized spacial score (nSPS) is 11.6. The fourth-order valence-corrected chi connectivity index (χ4v) is 2.89. The van der Waals surface area contributed by atoms with Gasteiger partial charge >= 0.3 is 11.8 Å². The SMILES string of the molecule is CC[C@H](NC(=O)C(=O)Nc1ccc(CSC)cc1)c1ccccc1. The molecule has 5 heteroatoms. The first-order chi connectivity index (χ1) is 11.6. The first kappa shape index (κ1) is 18.1. The molecule has 2 rings (SSSR count). The number of carbonyl (C=O) groups is 2. The minimum atomic E-state index is -0.651. The zero-order valence-corrected chi connectivity index (χ0v) is 14.7. The molecular formula is C19H22N2O2S. The summed E-state index contributed by atoms with van der Waals surface area (Å²) in [5.74, 6) is -0.356. The Morgan fingerprint density at radius 1 is 1.00 bits per heavy atom. The number of benzene rings is 2. The van der Waals surface area contributed by atoms with Gasteiger partial charge in [0.1, 0.15) is 0 Å². The maximum absolute atomic E-state index is 12.1. The summed E-state index contributed by atoms with van der Waals surface area (Å²) < 4.78 is 0. The van der Waals surface area contributed by atoms with E-state index in [0.29, 0.717) is 12.1 Å². The Hall–Kier alpha value is -2.27. The van der Waals surface area contributed by atoms with E-state index in [0.717, 1.165) is 11.3 Å². The lowest BCUT2D eigenvalue weighted by molar-refractivity contribution is -0.136. The Balaban J connectivity index is 1.95. The predicted octanol–water partition coefficient (Wildman–Crippen LogP) is 3.76. The maximum atomic E-state index is 12.1. The van der Waals surface area contributed by atoms with Gasteiger partial charge in [-0.15, -0.1) is 0 Å². The zero-order valence-electron chi connectivity index (χ0n) is 13.9. The van der Waals surface area contributed by atoms with Crippen molar-refractivity contribution in [3.05, 3.63) is 65.7 Å². The second-order valence-electron chi connectivity index (χ2n) is 5.43. The molecule has 24 heavy (non-hydrogen) atoms. The molecule has 0 spiro atoms. The van der Waals surface area contributed by atoms with Gasteiger partial charge in [-0.2, -0.15) is 11.8 Å². The number of nitrogens with one attached hydrogen (secondary N) is 2. The molecule has 0 aliphatic carbocycles. The molecule has 2 amide bonds. The van der Waals surface area contributed by atoms with Crippen LogP contribution in [0.5, 0.6) is 0 Å². The standard InChI is InChI=1S/C19H22N2O2S/c1-3-17(15-7-5-4-6-8-15)21-19(23)18(22)20-16-11-9-14(10-12-16)13-24-2/h4-12,17H,3,13H2,1-2H3,(H,20,22)(H,21,23)/t17-/m0/s1. The molecule has 0 radical (unpaired) electrons. The van der Waals surface area contributed by atoms with Gasteiger partial charge in [-0.25, -0.2) is 0 Å². The highest BCUT2D eigenvalue weighted by Crippen LogP contribution is 2.16. The zero-order chi connectivity index (χ0) is 17.4. The van der Waals surface area contributed by atoms with E-state index in [9.17, 15) is 9.59 Å². The molecule has 0 aromatic heterocycles. The van der Waals surface area contributed by atoms with E-state index < -0.39 is 11.8 Å². The summed E-state index contributed by atoms with van der Waals surface area (Å²) in [4.78, 5) is 24.2. The quantitative estimate of drug-likeness (QED) is 0.786. The Bertz CT molecular complexity index is 672. The third-order valence-electron chi connectivity index (χ3n) is 3.64. The number of amides is 2. The van der Waals surface area contributed by atoms with Gasteiger partial charge in [0.25, 0.3) is 0 Å². The molecule has 0 unspecified atom stereocenters. The summed E-state index contributed by atoms with van der Waals surface area (Å²) in [6, 6.07) is 17.0. The van der Waals surface area contributed by atoms with Crippen LogP contribution in [-0.2, 0) is 15.3 Å². The monoisotopic (exact) mass is 342 g/mol. The van der Waals surface area contributed by atoms with E-state index >= 15 is 0 Å². The molecule has 126 valence electrons. The molecule has 0 heterocycles. The van der Waals surface area contributed by atoms with E-state index in [4.69, 9.17) is 0 Å². The number of thioether (sulfide) groups is 1. The van der Waals surface area contributed by atoms with E-state index in [1.165, 1.54) is 5.56 Å². The smallest absolute Gasteiger partial charge is 0.313 e. The van der Waals surface area contributed by atoms with Gasteiger partial charge in [0.2, 0.25) is 0 Å².